The van der Waals surface area contributed by atoms with Gasteiger partial charge in [-0.25, -0.2) is 0 Å². The summed E-state index contributed by atoms with van der Waals surface area (Å²) in [6.45, 7) is 0. The summed E-state index contributed by atoms with van der Waals surface area (Å²) in [6.07, 6.45) is -0.0123. The molecule has 2 atom stereocenters. The molecule has 0 amide bonds. The third kappa shape index (κ3) is 1.98. The van der Waals surface area contributed by atoms with E-state index in [-0.39, 0.29) is 0 Å². The molecule has 0 bridgehead atoms. The molecule has 0 saturated heterocycles. The van der Waals surface area contributed by atoms with Gasteiger partial charge in [-0.3, -0.25) is 4.79 Å². The minimum atomic E-state index is -0.579. The summed E-state index contributed by atoms with van der Waals surface area (Å²) >= 11 is 5.50. The van der Waals surface area contributed by atoms with Crippen molar-refractivity contribution in [1.82, 2.24) is 0 Å². The van der Waals surface area contributed by atoms with Crippen LogP contribution in [-0.4, -0.2) is 18.6 Å². The fourth-order valence-electron chi connectivity index (χ4n) is 1.73. The van der Waals surface area contributed by atoms with Gasteiger partial charge in [0.05, 0.1) is 5.92 Å². The highest BCUT2D eigenvalue weighted by molar-refractivity contribution is 6.64. The van der Waals surface area contributed by atoms with Crippen LogP contribution in [0.25, 0.3) is 0 Å². The van der Waals surface area contributed by atoms with Crippen molar-refractivity contribution in [3.8, 4) is 5.75 Å². The van der Waals surface area contributed by atoms with Crippen molar-refractivity contribution in [3.63, 3.8) is 0 Å². The smallest absolute Gasteiger partial charge is 0.231 e. The van der Waals surface area contributed by atoms with Gasteiger partial charge in [-0.1, -0.05) is 18.2 Å². The van der Waals surface area contributed by atoms with Crippen molar-refractivity contribution in [2.75, 3.05) is 7.11 Å². The Bertz CT molecular complexity index is 378. The zero-order valence-electron chi connectivity index (χ0n) is 8.27. The summed E-state index contributed by atoms with van der Waals surface area (Å²) in [4.78, 5) is 11.2. The van der Waals surface area contributed by atoms with Crippen molar-refractivity contribution < 1.29 is 14.3 Å². The Morgan fingerprint density at radius 3 is 2.93 bits per heavy atom. The molecule has 2 unspecified atom stereocenters. The number of ether oxygens (including phenoxy) is 2. The number of hydrogen-bond acceptors (Lipinski definition) is 3. The number of hydrogen-bond donors (Lipinski definition) is 0. The molecule has 0 aromatic heterocycles. The third-order valence-corrected chi connectivity index (χ3v) is 2.79. The predicted octanol–water partition coefficient (Wildman–Crippen LogP) is 1.98. The first-order valence-corrected chi connectivity index (χ1v) is 5.07. The van der Waals surface area contributed by atoms with E-state index in [1.807, 2.05) is 24.3 Å². The minimum absolute atomic E-state index is 0.420. The van der Waals surface area contributed by atoms with Crippen LogP contribution in [0.4, 0.5) is 0 Å². The van der Waals surface area contributed by atoms with Gasteiger partial charge >= 0.3 is 0 Å². The van der Waals surface area contributed by atoms with Crippen LogP contribution in [0.3, 0.4) is 0 Å². The number of rotatable bonds is 2. The summed E-state index contributed by atoms with van der Waals surface area (Å²) in [5, 5.41) is -0.420. The Labute approximate surface area is 92.9 Å². The fraction of sp³-hybridized carbons (Fsp3) is 0.364. The molecule has 0 fully saturated rings. The van der Waals surface area contributed by atoms with Gasteiger partial charge in [-0.2, -0.15) is 0 Å². The molecule has 1 aliphatic rings. The van der Waals surface area contributed by atoms with E-state index in [9.17, 15) is 4.79 Å². The molecule has 80 valence electrons. The van der Waals surface area contributed by atoms with Gasteiger partial charge in [-0.15, -0.1) is 0 Å². The highest BCUT2D eigenvalue weighted by atomic mass is 35.5. The lowest BCUT2D eigenvalue weighted by molar-refractivity contribution is -0.136. The Morgan fingerprint density at radius 1 is 1.53 bits per heavy atom. The maximum absolute atomic E-state index is 11.2. The molecule has 1 aromatic carbocycles. The lowest BCUT2D eigenvalue weighted by atomic mass is 9.96. The van der Waals surface area contributed by atoms with Gasteiger partial charge in [-0.05, 0) is 29.7 Å². The minimum Gasteiger partial charge on any atom is -0.464 e. The topological polar surface area (TPSA) is 35.5 Å². The van der Waals surface area contributed by atoms with Crippen molar-refractivity contribution in [2.45, 2.75) is 12.7 Å². The second-order valence-electron chi connectivity index (χ2n) is 3.44. The molecule has 1 aliphatic heterocycles. The summed E-state index contributed by atoms with van der Waals surface area (Å²) < 4.78 is 10.6. The molecule has 15 heavy (non-hydrogen) atoms. The molecular weight excluding hydrogens is 216 g/mol. The summed E-state index contributed by atoms with van der Waals surface area (Å²) in [7, 11) is 1.51. The van der Waals surface area contributed by atoms with E-state index in [1.165, 1.54) is 7.11 Å². The van der Waals surface area contributed by atoms with Gasteiger partial charge in [0.1, 0.15) is 5.75 Å². The molecule has 0 radical (unpaired) electrons. The van der Waals surface area contributed by atoms with E-state index in [4.69, 9.17) is 21.1 Å². The largest absolute Gasteiger partial charge is 0.464 e. The van der Waals surface area contributed by atoms with Crippen molar-refractivity contribution in [1.29, 1.82) is 0 Å². The van der Waals surface area contributed by atoms with Crippen LogP contribution >= 0.6 is 11.6 Å². The molecule has 0 aliphatic carbocycles. The third-order valence-electron chi connectivity index (χ3n) is 2.51. The molecule has 0 N–H and O–H groups in total. The van der Waals surface area contributed by atoms with Crippen LogP contribution in [0.1, 0.15) is 5.56 Å². The molecule has 1 heterocycles. The van der Waals surface area contributed by atoms with Gasteiger partial charge in [0.2, 0.25) is 11.5 Å². The maximum Gasteiger partial charge on any atom is 0.231 e. The molecular formula is C11H11ClO3. The van der Waals surface area contributed by atoms with Gasteiger partial charge in [0.25, 0.3) is 0 Å². The average molecular weight is 227 g/mol. The first-order valence-electron chi connectivity index (χ1n) is 4.69. The molecule has 2 rings (SSSR count). The summed E-state index contributed by atoms with van der Waals surface area (Å²) in [5.41, 5.74) is 0.991. The number of fused-ring (bicyclic) bond motifs is 1. The SMILES string of the molecule is COC1Oc2ccccc2CC1C(=O)Cl. The van der Waals surface area contributed by atoms with E-state index in [0.29, 0.717) is 6.42 Å². The first kappa shape index (κ1) is 10.5. The van der Waals surface area contributed by atoms with E-state index < -0.39 is 17.5 Å². The van der Waals surface area contributed by atoms with Gasteiger partial charge in [0, 0.05) is 7.11 Å². The Kier molecular flexibility index (Phi) is 2.93. The van der Waals surface area contributed by atoms with Crippen LogP contribution in [0.2, 0.25) is 0 Å². The van der Waals surface area contributed by atoms with Crippen LogP contribution < -0.4 is 4.74 Å². The number of carbonyl (C=O) groups excluding carboxylic acids is 1. The lowest BCUT2D eigenvalue weighted by Gasteiger charge is -2.30. The number of para-hydroxylation sites is 1. The van der Waals surface area contributed by atoms with Crippen LogP contribution in [-0.2, 0) is 16.0 Å². The molecule has 1 aromatic rings. The first-order chi connectivity index (χ1) is 7.22. The standard InChI is InChI=1S/C11H11ClO3/c1-14-11-8(10(12)13)6-7-4-2-3-5-9(7)15-11/h2-5,8,11H,6H2,1H3. The monoisotopic (exact) mass is 226 g/mol. The summed E-state index contributed by atoms with van der Waals surface area (Å²) in [5.74, 6) is 0.338. The second-order valence-corrected chi connectivity index (χ2v) is 3.82. The molecule has 4 heteroatoms. The number of carbonyl (C=O) groups is 1. The number of halogens is 1. The molecule has 0 spiro atoms. The van der Waals surface area contributed by atoms with Gasteiger partial charge in [0.15, 0.2) is 0 Å². The quantitative estimate of drug-likeness (QED) is 0.724. The fourth-order valence-corrected chi connectivity index (χ4v) is 1.91. The Morgan fingerprint density at radius 2 is 2.27 bits per heavy atom. The van der Waals surface area contributed by atoms with Crippen LogP contribution in [0.5, 0.6) is 5.75 Å². The Hall–Kier alpha value is -1.06. The lowest BCUT2D eigenvalue weighted by Crippen LogP contribution is -2.37. The van der Waals surface area contributed by atoms with Crippen LogP contribution in [0, 0.1) is 5.92 Å². The zero-order chi connectivity index (χ0) is 10.8. The maximum atomic E-state index is 11.2. The number of methoxy groups -OCH3 is 1. The zero-order valence-corrected chi connectivity index (χ0v) is 9.03. The van der Waals surface area contributed by atoms with Crippen molar-refractivity contribution in [3.05, 3.63) is 29.8 Å². The Balaban J connectivity index is 2.30. The van der Waals surface area contributed by atoms with Crippen molar-refractivity contribution in [2.24, 2.45) is 5.92 Å². The molecule has 3 nitrogen and oxygen atoms in total. The van der Waals surface area contributed by atoms with E-state index in [2.05, 4.69) is 0 Å². The highest BCUT2D eigenvalue weighted by Gasteiger charge is 2.34. The highest BCUT2D eigenvalue weighted by Crippen LogP contribution is 2.31. The molecule has 0 saturated carbocycles. The van der Waals surface area contributed by atoms with Crippen LogP contribution in [0.15, 0.2) is 24.3 Å². The van der Waals surface area contributed by atoms with E-state index in [1.54, 1.807) is 0 Å². The van der Waals surface area contributed by atoms with Gasteiger partial charge < -0.3 is 9.47 Å². The summed E-state index contributed by atoms with van der Waals surface area (Å²) in [6, 6.07) is 7.57. The predicted molar refractivity (Wildman–Crippen MR) is 55.9 cm³/mol. The second kappa shape index (κ2) is 4.21. The normalized spacial score (nSPS) is 24.1. The van der Waals surface area contributed by atoms with E-state index in [0.717, 1.165) is 11.3 Å². The average Bonchev–Trinajstić information content (AvgIpc) is 2.27. The number of benzene rings is 1. The van der Waals surface area contributed by atoms with E-state index >= 15 is 0 Å². The van der Waals surface area contributed by atoms with Crippen molar-refractivity contribution >= 4 is 16.8 Å².